The lowest BCUT2D eigenvalue weighted by Crippen LogP contribution is -2.40. The summed E-state index contributed by atoms with van der Waals surface area (Å²) in [6.45, 7) is 4.02. The zero-order valence-electron chi connectivity index (χ0n) is 12.1. The summed E-state index contributed by atoms with van der Waals surface area (Å²) in [6.07, 6.45) is 5.54. The van der Waals surface area contributed by atoms with E-state index in [1.54, 1.807) is 18.4 Å². The van der Waals surface area contributed by atoms with Gasteiger partial charge in [-0.1, -0.05) is 0 Å². The standard InChI is InChI=1S/C14H22N4OS/c1-10(15)8-12-13(16-14-18(12)6-7-20-14)17-5-3-4-11(9-17)19-2/h6-7,10-11H,3-5,8-9,15H2,1-2H3. The molecule has 2 aromatic heterocycles. The fourth-order valence-corrected chi connectivity index (χ4v) is 3.62. The number of piperidine rings is 1. The van der Waals surface area contributed by atoms with Crippen molar-refractivity contribution in [3.8, 4) is 0 Å². The van der Waals surface area contributed by atoms with Gasteiger partial charge in [0.2, 0.25) is 0 Å². The zero-order valence-corrected chi connectivity index (χ0v) is 12.9. The van der Waals surface area contributed by atoms with E-state index in [4.69, 9.17) is 15.5 Å². The molecule has 1 fully saturated rings. The van der Waals surface area contributed by atoms with Crippen molar-refractivity contribution < 1.29 is 4.74 Å². The van der Waals surface area contributed by atoms with Gasteiger partial charge in [-0.25, -0.2) is 4.98 Å². The summed E-state index contributed by atoms with van der Waals surface area (Å²) in [5.74, 6) is 1.09. The van der Waals surface area contributed by atoms with E-state index in [2.05, 4.69) is 20.9 Å². The van der Waals surface area contributed by atoms with Crippen molar-refractivity contribution in [3.05, 3.63) is 17.3 Å². The molecule has 110 valence electrons. The Kier molecular flexibility index (Phi) is 3.96. The second kappa shape index (κ2) is 5.71. The largest absolute Gasteiger partial charge is 0.380 e. The number of imidazole rings is 1. The van der Waals surface area contributed by atoms with Crippen molar-refractivity contribution >= 4 is 22.1 Å². The predicted molar refractivity (Wildman–Crippen MR) is 82.7 cm³/mol. The summed E-state index contributed by atoms with van der Waals surface area (Å²) >= 11 is 1.67. The molecule has 1 saturated heterocycles. The Morgan fingerprint density at radius 2 is 2.45 bits per heavy atom. The van der Waals surface area contributed by atoms with E-state index in [9.17, 15) is 0 Å². The predicted octanol–water partition coefficient (Wildman–Crippen LogP) is 1.90. The molecule has 0 radical (unpaired) electrons. The molecule has 0 amide bonds. The molecule has 2 aromatic rings. The molecule has 1 aliphatic rings. The van der Waals surface area contributed by atoms with E-state index in [0.717, 1.165) is 43.1 Å². The average Bonchev–Trinajstić information content (AvgIpc) is 3.01. The number of aromatic nitrogens is 2. The minimum atomic E-state index is 0.136. The van der Waals surface area contributed by atoms with Gasteiger partial charge in [-0.3, -0.25) is 4.40 Å². The van der Waals surface area contributed by atoms with Crippen LogP contribution in [0.5, 0.6) is 0 Å². The summed E-state index contributed by atoms with van der Waals surface area (Å²) in [5, 5.41) is 2.07. The third-order valence-corrected chi connectivity index (χ3v) is 4.62. The molecule has 0 aromatic carbocycles. The van der Waals surface area contributed by atoms with Crippen LogP contribution < -0.4 is 10.6 Å². The van der Waals surface area contributed by atoms with Gasteiger partial charge in [0.05, 0.1) is 11.8 Å². The van der Waals surface area contributed by atoms with Crippen LogP contribution in [-0.2, 0) is 11.2 Å². The maximum absolute atomic E-state index is 6.01. The van der Waals surface area contributed by atoms with Gasteiger partial charge in [0.25, 0.3) is 0 Å². The quantitative estimate of drug-likeness (QED) is 0.936. The molecule has 2 atom stereocenters. The number of nitrogens with zero attached hydrogens (tertiary/aromatic N) is 3. The van der Waals surface area contributed by atoms with Crippen LogP contribution in [0.2, 0.25) is 0 Å². The molecule has 3 rings (SSSR count). The summed E-state index contributed by atoms with van der Waals surface area (Å²) in [7, 11) is 1.79. The number of nitrogens with two attached hydrogens (primary N) is 1. The minimum absolute atomic E-state index is 0.136. The highest BCUT2D eigenvalue weighted by Gasteiger charge is 2.25. The van der Waals surface area contributed by atoms with Crippen LogP contribution in [0.4, 0.5) is 5.82 Å². The van der Waals surface area contributed by atoms with Crippen LogP contribution in [0.15, 0.2) is 11.6 Å². The fourth-order valence-electron chi connectivity index (χ4n) is 2.89. The van der Waals surface area contributed by atoms with E-state index < -0.39 is 0 Å². The first-order valence-corrected chi connectivity index (χ1v) is 8.04. The lowest BCUT2D eigenvalue weighted by molar-refractivity contribution is 0.0891. The SMILES string of the molecule is COC1CCCN(c2nc3sccn3c2CC(C)N)C1. The van der Waals surface area contributed by atoms with Gasteiger partial charge in [0.1, 0.15) is 0 Å². The highest BCUT2D eigenvalue weighted by Crippen LogP contribution is 2.28. The topological polar surface area (TPSA) is 55.8 Å². The van der Waals surface area contributed by atoms with E-state index in [1.807, 2.05) is 6.92 Å². The second-order valence-corrected chi connectivity index (χ2v) is 6.44. The molecule has 3 heterocycles. The number of hydrogen-bond acceptors (Lipinski definition) is 5. The summed E-state index contributed by atoms with van der Waals surface area (Å²) < 4.78 is 7.70. The van der Waals surface area contributed by atoms with Crippen LogP contribution in [0, 0.1) is 0 Å². The van der Waals surface area contributed by atoms with Crippen LogP contribution >= 0.6 is 11.3 Å². The first-order chi connectivity index (χ1) is 9.69. The van der Waals surface area contributed by atoms with E-state index in [-0.39, 0.29) is 6.04 Å². The summed E-state index contributed by atoms with van der Waals surface area (Å²) in [4.78, 5) is 8.22. The van der Waals surface area contributed by atoms with Gasteiger partial charge < -0.3 is 15.4 Å². The number of anilines is 1. The second-order valence-electron chi connectivity index (χ2n) is 5.57. The Labute approximate surface area is 123 Å². The van der Waals surface area contributed by atoms with Crippen LogP contribution in [0.1, 0.15) is 25.5 Å². The molecule has 1 aliphatic heterocycles. The minimum Gasteiger partial charge on any atom is -0.380 e. The maximum Gasteiger partial charge on any atom is 0.195 e. The Morgan fingerprint density at radius 3 is 3.20 bits per heavy atom. The highest BCUT2D eigenvalue weighted by molar-refractivity contribution is 7.15. The van der Waals surface area contributed by atoms with Gasteiger partial charge >= 0.3 is 0 Å². The van der Waals surface area contributed by atoms with E-state index in [0.29, 0.717) is 6.10 Å². The molecule has 0 aliphatic carbocycles. The van der Waals surface area contributed by atoms with Crippen molar-refractivity contribution in [2.75, 3.05) is 25.1 Å². The molecule has 0 spiro atoms. The van der Waals surface area contributed by atoms with Crippen LogP contribution in [0.25, 0.3) is 4.96 Å². The van der Waals surface area contributed by atoms with Crippen molar-refractivity contribution in [2.24, 2.45) is 5.73 Å². The van der Waals surface area contributed by atoms with Crippen molar-refractivity contribution in [3.63, 3.8) is 0 Å². The third-order valence-electron chi connectivity index (χ3n) is 3.87. The lowest BCUT2D eigenvalue weighted by atomic mass is 10.1. The van der Waals surface area contributed by atoms with Crippen molar-refractivity contribution in [2.45, 2.75) is 38.3 Å². The molecule has 20 heavy (non-hydrogen) atoms. The van der Waals surface area contributed by atoms with E-state index in [1.165, 1.54) is 5.69 Å². The van der Waals surface area contributed by atoms with Gasteiger partial charge in [0.15, 0.2) is 10.8 Å². The molecule has 2 N–H and O–H groups in total. The lowest BCUT2D eigenvalue weighted by Gasteiger charge is -2.32. The Bertz CT molecular complexity index is 577. The smallest absolute Gasteiger partial charge is 0.195 e. The van der Waals surface area contributed by atoms with Gasteiger partial charge in [-0.05, 0) is 19.8 Å². The first-order valence-electron chi connectivity index (χ1n) is 7.16. The molecule has 2 unspecified atom stereocenters. The summed E-state index contributed by atoms with van der Waals surface area (Å²) in [5.41, 5.74) is 7.24. The van der Waals surface area contributed by atoms with Gasteiger partial charge in [-0.15, -0.1) is 11.3 Å². The maximum atomic E-state index is 6.01. The molecule has 0 saturated carbocycles. The number of fused-ring (bicyclic) bond motifs is 1. The Hall–Kier alpha value is -1.11. The number of methoxy groups -OCH3 is 1. The van der Waals surface area contributed by atoms with Gasteiger partial charge in [0, 0.05) is 44.2 Å². The van der Waals surface area contributed by atoms with Crippen molar-refractivity contribution in [1.29, 1.82) is 0 Å². The van der Waals surface area contributed by atoms with Gasteiger partial charge in [-0.2, -0.15) is 0 Å². The highest BCUT2D eigenvalue weighted by atomic mass is 32.1. The average molecular weight is 294 g/mol. The number of hydrogen-bond donors (Lipinski definition) is 1. The van der Waals surface area contributed by atoms with Crippen molar-refractivity contribution in [1.82, 2.24) is 9.38 Å². The fraction of sp³-hybridized carbons (Fsp3) is 0.643. The monoisotopic (exact) mass is 294 g/mol. The molecular formula is C14H22N4OS. The molecule has 6 heteroatoms. The number of ether oxygens (including phenoxy) is 1. The first kappa shape index (κ1) is 13.9. The zero-order chi connectivity index (χ0) is 14.1. The third kappa shape index (κ3) is 2.55. The Morgan fingerprint density at radius 1 is 1.60 bits per heavy atom. The normalized spacial score (nSPS) is 21.6. The molecule has 0 bridgehead atoms. The van der Waals surface area contributed by atoms with Crippen LogP contribution in [-0.4, -0.2) is 41.7 Å². The van der Waals surface area contributed by atoms with E-state index >= 15 is 0 Å². The number of rotatable bonds is 4. The van der Waals surface area contributed by atoms with Crippen LogP contribution in [0.3, 0.4) is 0 Å². The molecule has 5 nitrogen and oxygen atoms in total. The molecular weight excluding hydrogens is 272 g/mol. The summed E-state index contributed by atoms with van der Waals surface area (Å²) in [6, 6.07) is 0.136. The Balaban J connectivity index is 1.94. The number of thiazole rings is 1.